The summed E-state index contributed by atoms with van der Waals surface area (Å²) >= 11 is 0. The van der Waals surface area contributed by atoms with Crippen LogP contribution in [0.25, 0.3) is 0 Å². The van der Waals surface area contributed by atoms with Crippen molar-refractivity contribution >= 4 is 11.6 Å². The van der Waals surface area contributed by atoms with Crippen LogP contribution >= 0.6 is 0 Å². The molecule has 3 heteroatoms. The van der Waals surface area contributed by atoms with E-state index in [1.807, 2.05) is 24.3 Å². The monoisotopic (exact) mass is 232 g/mol. The lowest BCUT2D eigenvalue weighted by molar-refractivity contribution is 0.0828. The molecule has 0 radical (unpaired) electrons. The molecule has 1 saturated carbocycles. The lowest BCUT2D eigenvalue weighted by atomic mass is 9.81. The molecule has 1 aliphatic carbocycles. The van der Waals surface area contributed by atoms with Gasteiger partial charge in [-0.1, -0.05) is 19.1 Å². The van der Waals surface area contributed by atoms with Crippen LogP contribution in [0.2, 0.25) is 0 Å². The number of benzene rings is 1. The average molecular weight is 232 g/mol. The second-order valence-electron chi connectivity index (χ2n) is 5.16. The average Bonchev–Trinajstić information content (AvgIpc) is 2.26. The molecule has 1 N–H and O–H groups in total. The molecular weight excluding hydrogens is 212 g/mol. The summed E-state index contributed by atoms with van der Waals surface area (Å²) in [5.74, 6) is 0.865. The lowest BCUT2D eigenvalue weighted by Crippen LogP contribution is -2.34. The van der Waals surface area contributed by atoms with Crippen molar-refractivity contribution in [3.05, 3.63) is 29.8 Å². The topological polar surface area (TPSA) is 32.3 Å². The third kappa shape index (κ3) is 2.60. The zero-order chi connectivity index (χ0) is 12.4. The van der Waals surface area contributed by atoms with Crippen LogP contribution in [0.5, 0.6) is 0 Å². The van der Waals surface area contributed by atoms with Crippen LogP contribution in [-0.4, -0.2) is 30.9 Å². The van der Waals surface area contributed by atoms with Gasteiger partial charge in [0, 0.05) is 25.8 Å². The number of hydrogen-bond acceptors (Lipinski definition) is 2. The lowest BCUT2D eigenvalue weighted by Gasteiger charge is -2.34. The number of nitrogens with zero attached hydrogens (tertiary/aromatic N) is 1. The summed E-state index contributed by atoms with van der Waals surface area (Å²) in [6.07, 6.45) is 2.40. The van der Waals surface area contributed by atoms with Gasteiger partial charge in [0.2, 0.25) is 0 Å². The Hall–Kier alpha value is -1.51. The number of rotatable bonds is 3. The minimum absolute atomic E-state index is 0.0560. The van der Waals surface area contributed by atoms with Gasteiger partial charge in [0.25, 0.3) is 5.91 Å². The molecule has 0 aromatic heterocycles. The normalized spacial score (nSPS) is 22.8. The number of carbonyl (C=O) groups is 1. The van der Waals surface area contributed by atoms with Crippen LogP contribution in [0, 0.1) is 5.92 Å². The fourth-order valence-electron chi connectivity index (χ4n) is 2.28. The molecule has 0 bridgehead atoms. The zero-order valence-electron chi connectivity index (χ0n) is 10.7. The predicted molar refractivity (Wildman–Crippen MR) is 70.3 cm³/mol. The smallest absolute Gasteiger partial charge is 0.255 e. The van der Waals surface area contributed by atoms with Crippen molar-refractivity contribution in [2.75, 3.05) is 19.4 Å². The Morgan fingerprint density at radius 3 is 2.53 bits per heavy atom. The van der Waals surface area contributed by atoms with Crippen molar-refractivity contribution in [3.8, 4) is 0 Å². The highest BCUT2D eigenvalue weighted by Gasteiger charge is 2.26. The van der Waals surface area contributed by atoms with Gasteiger partial charge in [-0.3, -0.25) is 4.79 Å². The molecule has 0 unspecified atom stereocenters. The summed E-state index contributed by atoms with van der Waals surface area (Å²) in [4.78, 5) is 13.6. The summed E-state index contributed by atoms with van der Waals surface area (Å²) in [7, 11) is 3.56. The Bertz CT molecular complexity index is 408. The van der Waals surface area contributed by atoms with Gasteiger partial charge in [-0.15, -0.1) is 0 Å². The standard InChI is InChI=1S/C14H20N2O/c1-10-8-11(9-10)15-13-7-5-4-6-12(13)14(17)16(2)3/h4-7,10-11,15H,8-9H2,1-3H3. The minimum atomic E-state index is 0.0560. The quantitative estimate of drug-likeness (QED) is 0.868. The molecule has 1 aromatic carbocycles. The van der Waals surface area contributed by atoms with E-state index in [9.17, 15) is 4.79 Å². The predicted octanol–water partition coefficient (Wildman–Crippen LogP) is 2.60. The van der Waals surface area contributed by atoms with Crippen LogP contribution < -0.4 is 5.32 Å². The molecule has 17 heavy (non-hydrogen) atoms. The highest BCUT2D eigenvalue weighted by molar-refractivity contribution is 5.99. The fraction of sp³-hybridized carbons (Fsp3) is 0.500. The number of para-hydroxylation sites is 1. The molecule has 0 aliphatic heterocycles. The van der Waals surface area contributed by atoms with Gasteiger partial charge >= 0.3 is 0 Å². The second-order valence-corrected chi connectivity index (χ2v) is 5.16. The van der Waals surface area contributed by atoms with E-state index < -0.39 is 0 Å². The van der Waals surface area contributed by atoms with Gasteiger partial charge < -0.3 is 10.2 Å². The molecular formula is C14H20N2O. The Kier molecular flexibility index (Phi) is 3.36. The maximum Gasteiger partial charge on any atom is 0.255 e. The molecule has 1 aromatic rings. The molecule has 3 nitrogen and oxygen atoms in total. The summed E-state index contributed by atoms with van der Waals surface area (Å²) in [5, 5.41) is 3.47. The van der Waals surface area contributed by atoms with Crippen LogP contribution in [0.15, 0.2) is 24.3 Å². The van der Waals surface area contributed by atoms with E-state index in [-0.39, 0.29) is 5.91 Å². The van der Waals surface area contributed by atoms with Gasteiger partial charge in [0.15, 0.2) is 0 Å². The maximum atomic E-state index is 12.0. The van der Waals surface area contributed by atoms with E-state index in [0.29, 0.717) is 6.04 Å². The molecule has 1 aliphatic rings. The van der Waals surface area contributed by atoms with E-state index in [1.54, 1.807) is 19.0 Å². The first kappa shape index (κ1) is 12.0. The molecule has 1 amide bonds. The van der Waals surface area contributed by atoms with E-state index >= 15 is 0 Å². The minimum Gasteiger partial charge on any atom is -0.382 e. The van der Waals surface area contributed by atoms with Gasteiger partial charge in [0.05, 0.1) is 5.56 Å². The summed E-state index contributed by atoms with van der Waals surface area (Å²) in [5.41, 5.74) is 1.72. The molecule has 2 rings (SSSR count). The highest BCUT2D eigenvalue weighted by Crippen LogP contribution is 2.30. The Morgan fingerprint density at radius 2 is 1.94 bits per heavy atom. The SMILES string of the molecule is CC1CC(Nc2ccccc2C(=O)N(C)C)C1. The zero-order valence-corrected chi connectivity index (χ0v) is 10.7. The molecule has 92 valence electrons. The van der Waals surface area contributed by atoms with Crippen molar-refractivity contribution in [3.63, 3.8) is 0 Å². The maximum absolute atomic E-state index is 12.0. The van der Waals surface area contributed by atoms with Crippen LogP contribution in [0.3, 0.4) is 0 Å². The van der Waals surface area contributed by atoms with Crippen LogP contribution in [-0.2, 0) is 0 Å². The van der Waals surface area contributed by atoms with Crippen molar-refractivity contribution in [1.29, 1.82) is 0 Å². The Morgan fingerprint density at radius 1 is 1.29 bits per heavy atom. The Balaban J connectivity index is 2.13. The number of nitrogens with one attached hydrogen (secondary N) is 1. The van der Waals surface area contributed by atoms with Crippen LogP contribution in [0.1, 0.15) is 30.1 Å². The van der Waals surface area contributed by atoms with Gasteiger partial charge in [0.1, 0.15) is 0 Å². The van der Waals surface area contributed by atoms with Gasteiger partial charge in [-0.25, -0.2) is 0 Å². The first-order valence-electron chi connectivity index (χ1n) is 6.15. The molecule has 0 spiro atoms. The molecule has 0 saturated heterocycles. The Labute approximate surface area is 103 Å². The van der Waals surface area contributed by atoms with Gasteiger partial charge in [-0.2, -0.15) is 0 Å². The first-order valence-corrected chi connectivity index (χ1v) is 6.15. The number of anilines is 1. The second kappa shape index (κ2) is 4.78. The summed E-state index contributed by atoms with van der Waals surface area (Å²) in [6.45, 7) is 2.26. The summed E-state index contributed by atoms with van der Waals surface area (Å²) in [6, 6.07) is 8.27. The first-order chi connectivity index (χ1) is 8.08. The molecule has 0 atom stereocenters. The fourth-order valence-corrected chi connectivity index (χ4v) is 2.28. The third-order valence-corrected chi connectivity index (χ3v) is 3.30. The van der Waals surface area contributed by atoms with Crippen molar-refractivity contribution in [2.45, 2.75) is 25.8 Å². The number of carbonyl (C=O) groups excluding carboxylic acids is 1. The third-order valence-electron chi connectivity index (χ3n) is 3.30. The summed E-state index contributed by atoms with van der Waals surface area (Å²) < 4.78 is 0. The van der Waals surface area contributed by atoms with Crippen molar-refractivity contribution in [2.24, 2.45) is 5.92 Å². The van der Waals surface area contributed by atoms with E-state index in [0.717, 1.165) is 17.2 Å². The molecule has 1 fully saturated rings. The van der Waals surface area contributed by atoms with E-state index in [4.69, 9.17) is 0 Å². The number of hydrogen-bond donors (Lipinski definition) is 1. The van der Waals surface area contributed by atoms with E-state index in [2.05, 4.69) is 12.2 Å². The van der Waals surface area contributed by atoms with Crippen LogP contribution in [0.4, 0.5) is 5.69 Å². The molecule has 0 heterocycles. The van der Waals surface area contributed by atoms with Crippen molar-refractivity contribution in [1.82, 2.24) is 4.90 Å². The van der Waals surface area contributed by atoms with Crippen molar-refractivity contribution < 1.29 is 4.79 Å². The van der Waals surface area contributed by atoms with E-state index in [1.165, 1.54) is 12.8 Å². The number of amides is 1. The highest BCUT2D eigenvalue weighted by atomic mass is 16.2. The largest absolute Gasteiger partial charge is 0.382 e. The van der Waals surface area contributed by atoms with Gasteiger partial charge in [-0.05, 0) is 30.9 Å².